The van der Waals surface area contributed by atoms with Gasteiger partial charge in [0.05, 0.1) is 0 Å². The summed E-state index contributed by atoms with van der Waals surface area (Å²) in [4.78, 5) is 19.0. The first-order chi connectivity index (χ1) is 11.7. The van der Waals surface area contributed by atoms with Crippen molar-refractivity contribution < 1.29 is 4.79 Å². The molecule has 1 amide bonds. The number of amides is 1. The number of carbonyl (C=O) groups is 1. The Bertz CT molecular complexity index is 510. The summed E-state index contributed by atoms with van der Waals surface area (Å²) in [5.74, 6) is 2.58. The van der Waals surface area contributed by atoms with Gasteiger partial charge in [0.25, 0.3) is 0 Å². The van der Waals surface area contributed by atoms with Crippen molar-refractivity contribution in [3.8, 4) is 0 Å². The molecule has 0 aromatic carbocycles. The molecule has 4 rings (SSSR count). The summed E-state index contributed by atoms with van der Waals surface area (Å²) in [6.07, 6.45) is 11.3. The van der Waals surface area contributed by atoms with E-state index < -0.39 is 0 Å². The first-order valence-electron chi connectivity index (χ1n) is 9.96. The zero-order valence-corrected chi connectivity index (χ0v) is 17.8. The van der Waals surface area contributed by atoms with Crippen molar-refractivity contribution in [3.63, 3.8) is 0 Å². The van der Waals surface area contributed by atoms with Gasteiger partial charge in [-0.05, 0) is 56.3 Å². The zero-order chi connectivity index (χ0) is 16.6. The highest BCUT2D eigenvalue weighted by atomic mass is 127. The highest BCUT2D eigenvalue weighted by Crippen LogP contribution is 2.60. The molecule has 4 fully saturated rings. The molecule has 0 radical (unpaired) electrons. The summed E-state index contributed by atoms with van der Waals surface area (Å²) in [6, 6.07) is 0.345. The highest BCUT2D eigenvalue weighted by molar-refractivity contribution is 14.0. The van der Waals surface area contributed by atoms with Gasteiger partial charge in [0.2, 0.25) is 5.91 Å². The van der Waals surface area contributed by atoms with Crippen LogP contribution >= 0.6 is 24.0 Å². The average molecular weight is 460 g/mol. The van der Waals surface area contributed by atoms with Crippen LogP contribution in [0, 0.1) is 17.3 Å². The van der Waals surface area contributed by atoms with Crippen LogP contribution in [0.1, 0.15) is 57.8 Å². The van der Waals surface area contributed by atoms with Gasteiger partial charge in [-0.3, -0.25) is 9.79 Å². The van der Waals surface area contributed by atoms with Crippen LogP contribution in [0.2, 0.25) is 0 Å². The Labute approximate surface area is 168 Å². The van der Waals surface area contributed by atoms with Crippen molar-refractivity contribution in [3.05, 3.63) is 0 Å². The van der Waals surface area contributed by atoms with Gasteiger partial charge >= 0.3 is 0 Å². The number of nitrogens with zero attached hydrogens (tertiary/aromatic N) is 2. The Morgan fingerprint density at radius 3 is 2.48 bits per heavy atom. The molecular formula is C19H33IN4O. The number of hydrogen-bond donors (Lipinski definition) is 2. The molecule has 5 nitrogen and oxygen atoms in total. The van der Waals surface area contributed by atoms with Gasteiger partial charge in [-0.2, -0.15) is 0 Å². The summed E-state index contributed by atoms with van der Waals surface area (Å²) in [5, 5.41) is 7.10. The predicted molar refractivity (Wildman–Crippen MR) is 111 cm³/mol. The third kappa shape index (κ3) is 4.42. The highest BCUT2D eigenvalue weighted by Gasteiger charge is 2.53. The molecular weight excluding hydrogens is 427 g/mol. The molecule has 1 aliphatic heterocycles. The number of hydrogen-bond acceptors (Lipinski definition) is 2. The maximum atomic E-state index is 12.5. The molecule has 25 heavy (non-hydrogen) atoms. The lowest BCUT2D eigenvalue weighted by molar-refractivity contribution is -0.134. The predicted octanol–water partition coefficient (Wildman–Crippen LogP) is 2.75. The smallest absolute Gasteiger partial charge is 0.225 e. The lowest BCUT2D eigenvalue weighted by Crippen LogP contribution is -2.47. The summed E-state index contributed by atoms with van der Waals surface area (Å²) >= 11 is 0. The molecule has 3 aliphatic carbocycles. The van der Waals surface area contributed by atoms with E-state index in [9.17, 15) is 4.79 Å². The second kappa shape index (κ2) is 8.01. The third-order valence-electron chi connectivity index (χ3n) is 6.71. The molecule has 4 aliphatic rings. The fourth-order valence-corrected chi connectivity index (χ4v) is 4.74. The van der Waals surface area contributed by atoms with E-state index in [0.717, 1.165) is 50.8 Å². The van der Waals surface area contributed by atoms with E-state index in [1.807, 2.05) is 7.05 Å². The zero-order valence-electron chi connectivity index (χ0n) is 15.4. The van der Waals surface area contributed by atoms with E-state index in [-0.39, 0.29) is 24.0 Å². The Balaban J connectivity index is 0.00000182. The molecule has 1 unspecified atom stereocenters. The van der Waals surface area contributed by atoms with E-state index in [1.165, 1.54) is 38.5 Å². The number of rotatable bonds is 5. The van der Waals surface area contributed by atoms with Crippen molar-refractivity contribution >= 4 is 35.8 Å². The van der Waals surface area contributed by atoms with E-state index in [1.54, 1.807) is 0 Å². The third-order valence-corrected chi connectivity index (χ3v) is 6.71. The summed E-state index contributed by atoms with van der Waals surface area (Å²) in [7, 11) is 1.85. The maximum Gasteiger partial charge on any atom is 0.225 e. The number of aliphatic imine (C=N–C) groups is 1. The lowest BCUT2D eigenvalue weighted by Gasteiger charge is -2.22. The first-order valence-corrected chi connectivity index (χ1v) is 9.96. The van der Waals surface area contributed by atoms with Crippen molar-refractivity contribution in [2.45, 2.75) is 63.8 Å². The molecule has 1 saturated heterocycles. The van der Waals surface area contributed by atoms with Crippen molar-refractivity contribution in [1.82, 2.24) is 15.5 Å². The lowest BCUT2D eigenvalue weighted by atomic mass is 10.0. The number of nitrogens with one attached hydrogen (secondary N) is 2. The normalized spacial score (nSPS) is 28.6. The second-order valence-corrected chi connectivity index (χ2v) is 8.46. The SMILES string of the molecule is CN=C(NCC1(C2CC2)CC1)NC1CCN(C(=O)C2CCCC2)C1.I. The van der Waals surface area contributed by atoms with E-state index >= 15 is 0 Å². The minimum Gasteiger partial charge on any atom is -0.356 e. The van der Waals surface area contributed by atoms with Gasteiger partial charge in [0.1, 0.15) is 0 Å². The van der Waals surface area contributed by atoms with Crippen LogP contribution in [-0.4, -0.2) is 49.5 Å². The Hall–Kier alpha value is -0.530. The molecule has 0 aromatic heterocycles. The molecule has 142 valence electrons. The quantitative estimate of drug-likeness (QED) is 0.377. The molecule has 0 spiro atoms. The monoisotopic (exact) mass is 460 g/mol. The van der Waals surface area contributed by atoms with Crippen molar-refractivity contribution in [1.29, 1.82) is 0 Å². The number of halogens is 1. The number of likely N-dealkylation sites (tertiary alicyclic amines) is 1. The fraction of sp³-hybridized carbons (Fsp3) is 0.895. The summed E-state index contributed by atoms with van der Waals surface area (Å²) in [6.45, 7) is 2.80. The Morgan fingerprint density at radius 2 is 1.88 bits per heavy atom. The first kappa shape index (κ1) is 19.2. The van der Waals surface area contributed by atoms with E-state index in [0.29, 0.717) is 23.3 Å². The Kier molecular flexibility index (Phi) is 6.16. The van der Waals surface area contributed by atoms with E-state index in [2.05, 4.69) is 20.5 Å². The topological polar surface area (TPSA) is 56.7 Å². The fourth-order valence-electron chi connectivity index (χ4n) is 4.74. The van der Waals surface area contributed by atoms with Crippen LogP contribution in [0.15, 0.2) is 4.99 Å². The van der Waals surface area contributed by atoms with Crippen LogP contribution < -0.4 is 10.6 Å². The maximum absolute atomic E-state index is 12.5. The molecule has 1 atom stereocenters. The van der Waals surface area contributed by atoms with Crippen LogP contribution in [0.4, 0.5) is 0 Å². The molecule has 0 aromatic rings. The largest absolute Gasteiger partial charge is 0.356 e. The van der Waals surface area contributed by atoms with Gasteiger partial charge in [-0.25, -0.2) is 0 Å². The van der Waals surface area contributed by atoms with Crippen LogP contribution in [0.5, 0.6) is 0 Å². The molecule has 2 N–H and O–H groups in total. The van der Waals surface area contributed by atoms with Gasteiger partial charge in [-0.1, -0.05) is 12.8 Å². The molecule has 1 heterocycles. The molecule has 6 heteroatoms. The van der Waals surface area contributed by atoms with Crippen LogP contribution in [-0.2, 0) is 4.79 Å². The average Bonchev–Trinajstić information content (AvgIpc) is 3.49. The minimum absolute atomic E-state index is 0. The summed E-state index contributed by atoms with van der Waals surface area (Å²) < 4.78 is 0. The van der Waals surface area contributed by atoms with Crippen LogP contribution in [0.25, 0.3) is 0 Å². The van der Waals surface area contributed by atoms with Gasteiger partial charge in [0.15, 0.2) is 5.96 Å². The number of guanidine groups is 1. The Morgan fingerprint density at radius 1 is 1.16 bits per heavy atom. The van der Waals surface area contributed by atoms with Gasteiger partial charge < -0.3 is 15.5 Å². The molecule has 0 bridgehead atoms. The minimum atomic E-state index is 0. The standard InChI is InChI=1S/C19H32N4O.HI/c1-20-18(21-13-19(9-10-19)15-6-7-15)22-16-8-11-23(12-16)17(24)14-4-2-3-5-14;/h14-16H,2-13H2,1H3,(H2,20,21,22);1H. The van der Waals surface area contributed by atoms with Gasteiger partial charge in [-0.15, -0.1) is 24.0 Å². The molecule has 3 saturated carbocycles. The van der Waals surface area contributed by atoms with Crippen LogP contribution in [0.3, 0.4) is 0 Å². The summed E-state index contributed by atoms with van der Waals surface area (Å²) in [5.41, 5.74) is 0.581. The van der Waals surface area contributed by atoms with Crippen molar-refractivity contribution in [2.24, 2.45) is 22.2 Å². The van der Waals surface area contributed by atoms with Gasteiger partial charge in [0, 0.05) is 38.6 Å². The number of carbonyl (C=O) groups excluding carboxylic acids is 1. The van der Waals surface area contributed by atoms with Crippen molar-refractivity contribution in [2.75, 3.05) is 26.7 Å². The second-order valence-electron chi connectivity index (χ2n) is 8.46. The van der Waals surface area contributed by atoms with E-state index in [4.69, 9.17) is 0 Å².